The normalized spacial score (nSPS) is 32.2. The maximum atomic E-state index is 13.4. The second kappa shape index (κ2) is 11.8. The molecule has 4 rings (SSSR count). The Labute approximate surface area is 198 Å². The SMILES string of the molecule is CCCCCCC1CCC2CC(C3CCC(C(=O)Oc4ccc(F)c(F)c4)CC3)CCC2C1. The summed E-state index contributed by atoms with van der Waals surface area (Å²) in [6, 6.07) is 3.28. The summed E-state index contributed by atoms with van der Waals surface area (Å²) in [7, 11) is 0. The standard InChI is InChI=1S/C29H42F2O2/c1-2-3-4-5-6-20-7-8-25-18-24(14-13-23(25)17-20)21-9-11-22(12-10-21)29(32)33-26-15-16-27(30)28(31)19-26/h15-16,19-25H,2-14,17-18H2,1H3. The van der Waals surface area contributed by atoms with Crippen molar-refractivity contribution < 1.29 is 18.3 Å². The van der Waals surface area contributed by atoms with Crippen molar-refractivity contribution in [3.05, 3.63) is 29.8 Å². The molecule has 1 aromatic rings. The van der Waals surface area contributed by atoms with Crippen molar-refractivity contribution in [3.63, 3.8) is 0 Å². The lowest BCUT2D eigenvalue weighted by Crippen LogP contribution is -2.35. The monoisotopic (exact) mass is 460 g/mol. The Kier molecular flexibility index (Phi) is 8.82. The quantitative estimate of drug-likeness (QED) is 0.221. The van der Waals surface area contributed by atoms with Gasteiger partial charge in [0.25, 0.3) is 0 Å². The van der Waals surface area contributed by atoms with Crippen molar-refractivity contribution in [2.45, 2.75) is 103 Å². The fourth-order valence-corrected chi connectivity index (χ4v) is 7.14. The van der Waals surface area contributed by atoms with E-state index in [0.29, 0.717) is 0 Å². The molecule has 0 saturated heterocycles. The van der Waals surface area contributed by atoms with Gasteiger partial charge in [0.05, 0.1) is 5.92 Å². The van der Waals surface area contributed by atoms with Crippen molar-refractivity contribution in [2.75, 3.05) is 0 Å². The highest BCUT2D eigenvalue weighted by Crippen LogP contribution is 2.49. The average molecular weight is 461 g/mol. The summed E-state index contributed by atoms with van der Waals surface area (Å²) < 4.78 is 31.8. The minimum absolute atomic E-state index is 0.0975. The minimum atomic E-state index is -0.981. The predicted octanol–water partition coefficient (Wildman–Crippen LogP) is 8.48. The third kappa shape index (κ3) is 6.57. The van der Waals surface area contributed by atoms with Crippen LogP contribution in [0.2, 0.25) is 0 Å². The second-order valence-electron chi connectivity index (χ2n) is 11.2. The number of hydrogen-bond donors (Lipinski definition) is 0. The van der Waals surface area contributed by atoms with E-state index < -0.39 is 11.6 Å². The summed E-state index contributed by atoms with van der Waals surface area (Å²) in [5.74, 6) is 2.24. The highest BCUT2D eigenvalue weighted by molar-refractivity contribution is 5.75. The first-order valence-electron chi connectivity index (χ1n) is 13.7. The molecule has 3 aliphatic carbocycles. The third-order valence-electron chi connectivity index (χ3n) is 9.11. The Bertz CT molecular complexity index is 771. The van der Waals surface area contributed by atoms with Gasteiger partial charge in [-0.05, 0) is 99.5 Å². The Balaban J connectivity index is 1.19. The van der Waals surface area contributed by atoms with Crippen molar-refractivity contribution >= 4 is 5.97 Å². The average Bonchev–Trinajstić information content (AvgIpc) is 2.84. The van der Waals surface area contributed by atoms with E-state index in [-0.39, 0.29) is 17.6 Å². The lowest BCUT2D eigenvalue weighted by Gasteiger charge is -2.45. The van der Waals surface area contributed by atoms with Crippen molar-refractivity contribution in [2.24, 2.45) is 35.5 Å². The van der Waals surface area contributed by atoms with Gasteiger partial charge < -0.3 is 4.74 Å². The van der Waals surface area contributed by atoms with E-state index in [2.05, 4.69) is 6.92 Å². The summed E-state index contributed by atoms with van der Waals surface area (Å²) in [6.45, 7) is 2.29. The zero-order valence-electron chi connectivity index (χ0n) is 20.4. The summed E-state index contributed by atoms with van der Waals surface area (Å²) in [5.41, 5.74) is 0. The molecule has 0 radical (unpaired) electrons. The molecule has 4 heteroatoms. The largest absolute Gasteiger partial charge is 0.426 e. The van der Waals surface area contributed by atoms with E-state index in [1.807, 2.05) is 0 Å². The first-order chi connectivity index (χ1) is 16.0. The van der Waals surface area contributed by atoms with Gasteiger partial charge in [-0.1, -0.05) is 45.4 Å². The van der Waals surface area contributed by atoms with Crippen LogP contribution in [-0.4, -0.2) is 5.97 Å². The van der Waals surface area contributed by atoms with E-state index in [4.69, 9.17) is 4.74 Å². The lowest BCUT2D eigenvalue weighted by molar-refractivity contribution is -0.140. The van der Waals surface area contributed by atoms with Gasteiger partial charge in [0.2, 0.25) is 0 Å². The molecule has 0 N–H and O–H groups in total. The first kappa shape index (κ1) is 24.7. The Morgan fingerprint density at radius 3 is 2.21 bits per heavy atom. The summed E-state index contributed by atoms with van der Waals surface area (Å²) in [5, 5.41) is 0. The highest BCUT2D eigenvalue weighted by Gasteiger charge is 2.39. The van der Waals surface area contributed by atoms with Crippen molar-refractivity contribution in [1.82, 2.24) is 0 Å². The van der Waals surface area contributed by atoms with E-state index >= 15 is 0 Å². The van der Waals surface area contributed by atoms with Gasteiger partial charge in [-0.3, -0.25) is 4.79 Å². The van der Waals surface area contributed by atoms with Gasteiger partial charge in [-0.15, -0.1) is 0 Å². The molecule has 3 fully saturated rings. The van der Waals surface area contributed by atoms with Gasteiger partial charge in [0, 0.05) is 6.07 Å². The van der Waals surface area contributed by atoms with Gasteiger partial charge in [0.1, 0.15) is 5.75 Å². The van der Waals surface area contributed by atoms with Crippen LogP contribution in [0, 0.1) is 47.1 Å². The Hall–Kier alpha value is -1.45. The molecular weight excluding hydrogens is 418 g/mol. The molecule has 2 nitrogen and oxygen atoms in total. The highest BCUT2D eigenvalue weighted by atomic mass is 19.2. The predicted molar refractivity (Wildman–Crippen MR) is 128 cm³/mol. The van der Waals surface area contributed by atoms with E-state index in [0.717, 1.165) is 67.4 Å². The smallest absolute Gasteiger partial charge is 0.314 e. The van der Waals surface area contributed by atoms with Crippen LogP contribution in [0.3, 0.4) is 0 Å². The van der Waals surface area contributed by atoms with Crippen LogP contribution in [0.1, 0.15) is 103 Å². The molecule has 3 aliphatic rings. The van der Waals surface area contributed by atoms with Crippen molar-refractivity contribution in [1.29, 1.82) is 0 Å². The summed E-state index contributed by atoms with van der Waals surface area (Å²) >= 11 is 0. The number of rotatable bonds is 8. The van der Waals surface area contributed by atoms with Gasteiger partial charge in [-0.25, -0.2) is 8.78 Å². The molecule has 0 heterocycles. The third-order valence-corrected chi connectivity index (χ3v) is 9.11. The zero-order chi connectivity index (χ0) is 23.2. The van der Waals surface area contributed by atoms with Gasteiger partial charge in [-0.2, -0.15) is 0 Å². The molecular formula is C29H42F2O2. The minimum Gasteiger partial charge on any atom is -0.426 e. The van der Waals surface area contributed by atoms with E-state index in [9.17, 15) is 13.6 Å². The molecule has 184 valence electrons. The zero-order valence-corrected chi connectivity index (χ0v) is 20.4. The fourth-order valence-electron chi connectivity index (χ4n) is 7.14. The lowest BCUT2D eigenvalue weighted by atomic mass is 9.60. The first-order valence-corrected chi connectivity index (χ1v) is 13.7. The number of carbonyl (C=O) groups is 1. The summed E-state index contributed by atoms with van der Waals surface area (Å²) in [4.78, 5) is 12.5. The van der Waals surface area contributed by atoms with Crippen molar-refractivity contribution in [3.8, 4) is 5.75 Å². The molecule has 0 amide bonds. The van der Waals surface area contributed by atoms with Crippen LogP contribution in [0.5, 0.6) is 5.75 Å². The number of fused-ring (bicyclic) bond motifs is 1. The number of esters is 1. The Morgan fingerprint density at radius 1 is 0.818 bits per heavy atom. The van der Waals surface area contributed by atoms with Crippen LogP contribution in [0.25, 0.3) is 0 Å². The number of unbranched alkanes of at least 4 members (excludes halogenated alkanes) is 3. The summed E-state index contributed by atoms with van der Waals surface area (Å²) in [6.07, 6.45) is 19.5. The number of halogens is 2. The second-order valence-corrected chi connectivity index (χ2v) is 11.2. The van der Waals surface area contributed by atoms with E-state index in [1.165, 1.54) is 76.7 Å². The topological polar surface area (TPSA) is 26.3 Å². The Morgan fingerprint density at radius 2 is 1.48 bits per heavy atom. The molecule has 1 aromatic carbocycles. The van der Waals surface area contributed by atoms with Crippen LogP contribution in [0.15, 0.2) is 18.2 Å². The maximum absolute atomic E-state index is 13.4. The molecule has 0 aromatic heterocycles. The molecule has 0 bridgehead atoms. The van der Waals surface area contributed by atoms with Crippen LogP contribution < -0.4 is 4.74 Å². The molecule has 0 spiro atoms. The number of carbonyl (C=O) groups excluding carboxylic acids is 1. The molecule has 0 aliphatic heterocycles. The van der Waals surface area contributed by atoms with Crippen LogP contribution >= 0.6 is 0 Å². The van der Waals surface area contributed by atoms with E-state index in [1.54, 1.807) is 0 Å². The number of ether oxygens (including phenoxy) is 1. The van der Waals surface area contributed by atoms with Crippen LogP contribution in [-0.2, 0) is 4.79 Å². The van der Waals surface area contributed by atoms with Gasteiger partial charge in [0.15, 0.2) is 11.6 Å². The fraction of sp³-hybridized carbons (Fsp3) is 0.759. The van der Waals surface area contributed by atoms with Gasteiger partial charge >= 0.3 is 5.97 Å². The molecule has 33 heavy (non-hydrogen) atoms. The van der Waals surface area contributed by atoms with Crippen LogP contribution in [0.4, 0.5) is 8.78 Å². The number of hydrogen-bond acceptors (Lipinski definition) is 2. The molecule has 4 unspecified atom stereocenters. The molecule has 4 atom stereocenters. The maximum Gasteiger partial charge on any atom is 0.314 e. The molecule has 3 saturated carbocycles. The number of benzene rings is 1.